The third-order valence-electron chi connectivity index (χ3n) is 4.46. The molecule has 1 aromatic rings. The minimum atomic E-state index is -0.849. The van der Waals surface area contributed by atoms with E-state index in [0.717, 1.165) is 5.56 Å². The first-order valence-corrected chi connectivity index (χ1v) is 7.82. The first-order chi connectivity index (χ1) is 10.4. The van der Waals surface area contributed by atoms with E-state index in [-0.39, 0.29) is 18.6 Å². The summed E-state index contributed by atoms with van der Waals surface area (Å²) >= 11 is 0. The van der Waals surface area contributed by atoms with Gasteiger partial charge in [-0.1, -0.05) is 18.2 Å². The number of hydrogen-bond acceptors (Lipinski definition) is 3. The van der Waals surface area contributed by atoms with Crippen LogP contribution in [0.1, 0.15) is 42.5 Å². The summed E-state index contributed by atoms with van der Waals surface area (Å²) in [6.07, 6.45) is 1.11. The van der Waals surface area contributed by atoms with Gasteiger partial charge in [0.15, 0.2) is 0 Å². The monoisotopic (exact) mass is 306 g/mol. The summed E-state index contributed by atoms with van der Waals surface area (Å²) in [7, 11) is 0. The summed E-state index contributed by atoms with van der Waals surface area (Å²) in [6, 6.07) is 5.75. The molecule has 1 fully saturated rings. The average molecular weight is 306 g/mol. The summed E-state index contributed by atoms with van der Waals surface area (Å²) in [6.45, 7) is 7.42. The second kappa shape index (κ2) is 7.11. The first kappa shape index (κ1) is 16.8. The fourth-order valence-electron chi connectivity index (χ4n) is 2.74. The molecule has 3 N–H and O–H groups in total. The number of amides is 2. The highest BCUT2D eigenvalue weighted by molar-refractivity contribution is 5.74. The van der Waals surface area contributed by atoms with Crippen molar-refractivity contribution in [3.8, 4) is 0 Å². The van der Waals surface area contributed by atoms with Gasteiger partial charge < -0.3 is 20.5 Å². The van der Waals surface area contributed by atoms with Crippen molar-refractivity contribution in [1.29, 1.82) is 0 Å². The van der Waals surface area contributed by atoms with Crippen molar-refractivity contribution in [2.24, 2.45) is 0 Å². The van der Waals surface area contributed by atoms with Crippen LogP contribution in [-0.2, 0) is 4.74 Å². The Kier molecular flexibility index (Phi) is 5.42. The van der Waals surface area contributed by atoms with Crippen LogP contribution in [-0.4, -0.2) is 36.5 Å². The lowest BCUT2D eigenvalue weighted by Gasteiger charge is -2.32. The number of benzene rings is 1. The predicted molar refractivity (Wildman–Crippen MR) is 85.9 cm³/mol. The van der Waals surface area contributed by atoms with E-state index >= 15 is 0 Å². The Morgan fingerprint density at radius 2 is 2.05 bits per heavy atom. The van der Waals surface area contributed by atoms with Crippen LogP contribution < -0.4 is 10.6 Å². The third kappa shape index (κ3) is 4.21. The van der Waals surface area contributed by atoms with Crippen molar-refractivity contribution in [2.75, 3.05) is 19.8 Å². The van der Waals surface area contributed by atoms with Gasteiger partial charge in [-0.05, 0) is 37.5 Å². The number of aryl methyl sites for hydroxylation is 1. The lowest BCUT2D eigenvalue weighted by Crippen LogP contribution is -2.49. The van der Waals surface area contributed by atoms with Crippen molar-refractivity contribution < 1.29 is 14.6 Å². The summed E-state index contributed by atoms with van der Waals surface area (Å²) < 4.78 is 5.23. The van der Waals surface area contributed by atoms with E-state index < -0.39 is 5.60 Å². The van der Waals surface area contributed by atoms with Crippen LogP contribution >= 0.6 is 0 Å². The van der Waals surface area contributed by atoms with Gasteiger partial charge in [0.2, 0.25) is 0 Å². The zero-order valence-electron chi connectivity index (χ0n) is 13.6. The number of ether oxygens (including phenoxy) is 1. The van der Waals surface area contributed by atoms with Crippen LogP contribution in [0.3, 0.4) is 0 Å². The van der Waals surface area contributed by atoms with Gasteiger partial charge >= 0.3 is 6.03 Å². The molecule has 0 saturated carbocycles. The molecule has 0 aliphatic carbocycles. The largest absolute Gasteiger partial charge is 0.388 e. The molecule has 2 rings (SSSR count). The van der Waals surface area contributed by atoms with Crippen molar-refractivity contribution in [2.45, 2.75) is 45.3 Å². The van der Waals surface area contributed by atoms with Crippen molar-refractivity contribution in [1.82, 2.24) is 10.6 Å². The molecule has 1 aliphatic heterocycles. The Hall–Kier alpha value is -1.59. The summed E-state index contributed by atoms with van der Waals surface area (Å²) in [5.74, 6) is 0. The molecule has 1 unspecified atom stereocenters. The van der Waals surface area contributed by atoms with E-state index in [2.05, 4.69) is 30.5 Å². The predicted octanol–water partition coefficient (Wildman–Crippen LogP) is 2.21. The number of nitrogens with one attached hydrogen (secondary N) is 2. The molecule has 1 aromatic carbocycles. The molecule has 2 amide bonds. The van der Waals surface area contributed by atoms with Gasteiger partial charge in [-0.3, -0.25) is 0 Å². The van der Waals surface area contributed by atoms with Crippen molar-refractivity contribution in [3.63, 3.8) is 0 Å². The van der Waals surface area contributed by atoms with Crippen molar-refractivity contribution in [3.05, 3.63) is 34.9 Å². The molecule has 5 nitrogen and oxygen atoms in total. The van der Waals surface area contributed by atoms with Crippen LogP contribution in [0, 0.1) is 13.8 Å². The second-order valence-corrected chi connectivity index (χ2v) is 6.17. The molecular weight excluding hydrogens is 280 g/mol. The first-order valence-electron chi connectivity index (χ1n) is 7.82. The fourth-order valence-corrected chi connectivity index (χ4v) is 2.74. The van der Waals surface area contributed by atoms with Crippen LogP contribution in [0.15, 0.2) is 18.2 Å². The van der Waals surface area contributed by atoms with Gasteiger partial charge in [0.05, 0.1) is 11.6 Å². The molecule has 22 heavy (non-hydrogen) atoms. The molecule has 0 spiro atoms. The summed E-state index contributed by atoms with van der Waals surface area (Å²) in [5, 5.41) is 16.0. The minimum Gasteiger partial charge on any atom is -0.388 e. The number of rotatable bonds is 4. The van der Waals surface area contributed by atoms with E-state index in [9.17, 15) is 9.90 Å². The Bertz CT molecular complexity index is 525. The maximum absolute atomic E-state index is 12.0. The van der Waals surface area contributed by atoms with Gasteiger partial charge in [0.1, 0.15) is 0 Å². The topological polar surface area (TPSA) is 70.6 Å². The Labute approximate surface area is 132 Å². The molecule has 0 bridgehead atoms. The smallest absolute Gasteiger partial charge is 0.315 e. The van der Waals surface area contributed by atoms with Crippen LogP contribution in [0.5, 0.6) is 0 Å². The highest BCUT2D eigenvalue weighted by Crippen LogP contribution is 2.21. The highest BCUT2D eigenvalue weighted by Gasteiger charge is 2.30. The Balaban J connectivity index is 1.87. The van der Waals surface area contributed by atoms with Crippen LogP contribution in [0.4, 0.5) is 4.79 Å². The third-order valence-corrected chi connectivity index (χ3v) is 4.46. The number of carbonyl (C=O) groups excluding carboxylic acids is 1. The number of hydrogen-bond donors (Lipinski definition) is 3. The minimum absolute atomic E-state index is 0.0794. The zero-order chi connectivity index (χ0) is 16.2. The number of aliphatic hydroxyl groups is 1. The zero-order valence-corrected chi connectivity index (χ0v) is 13.6. The fraction of sp³-hybridized carbons (Fsp3) is 0.588. The lowest BCUT2D eigenvalue weighted by atomic mass is 9.94. The van der Waals surface area contributed by atoms with Gasteiger partial charge in [-0.15, -0.1) is 0 Å². The Morgan fingerprint density at radius 3 is 2.73 bits per heavy atom. The SMILES string of the molecule is Cc1cccc(C(C)NC(=O)NCC2(O)CCOCC2)c1C. The molecule has 1 heterocycles. The maximum Gasteiger partial charge on any atom is 0.315 e. The second-order valence-electron chi connectivity index (χ2n) is 6.17. The normalized spacial score (nSPS) is 18.5. The molecule has 1 saturated heterocycles. The molecule has 0 radical (unpaired) electrons. The molecule has 122 valence electrons. The summed E-state index contributed by atoms with van der Waals surface area (Å²) in [5.41, 5.74) is 2.67. The van der Waals surface area contributed by atoms with E-state index in [1.54, 1.807) is 0 Å². The molecule has 0 aromatic heterocycles. The van der Waals surface area contributed by atoms with Gasteiger partial charge in [-0.2, -0.15) is 0 Å². The number of carbonyl (C=O) groups is 1. The lowest BCUT2D eigenvalue weighted by molar-refractivity contribution is -0.0600. The van der Waals surface area contributed by atoms with Gasteiger partial charge in [0.25, 0.3) is 0 Å². The van der Waals surface area contributed by atoms with E-state index in [0.29, 0.717) is 26.1 Å². The number of urea groups is 1. The molecular formula is C17H26N2O3. The quantitative estimate of drug-likeness (QED) is 0.798. The van der Waals surface area contributed by atoms with Gasteiger partial charge in [0, 0.05) is 32.6 Å². The van der Waals surface area contributed by atoms with E-state index in [4.69, 9.17) is 4.74 Å². The average Bonchev–Trinajstić information content (AvgIpc) is 2.49. The van der Waals surface area contributed by atoms with E-state index in [1.165, 1.54) is 11.1 Å². The molecule has 1 aliphatic rings. The summed E-state index contributed by atoms with van der Waals surface area (Å²) in [4.78, 5) is 12.0. The molecule has 1 atom stereocenters. The van der Waals surface area contributed by atoms with Gasteiger partial charge in [-0.25, -0.2) is 4.79 Å². The Morgan fingerprint density at radius 1 is 1.36 bits per heavy atom. The van der Waals surface area contributed by atoms with E-state index in [1.807, 2.05) is 19.1 Å². The van der Waals surface area contributed by atoms with Crippen LogP contribution in [0.25, 0.3) is 0 Å². The molecule has 5 heteroatoms. The van der Waals surface area contributed by atoms with Crippen molar-refractivity contribution >= 4 is 6.03 Å². The maximum atomic E-state index is 12.0. The standard InChI is InChI=1S/C17H26N2O3/c1-12-5-4-6-15(13(12)2)14(3)19-16(20)18-11-17(21)7-9-22-10-8-17/h4-6,14,21H,7-11H2,1-3H3,(H2,18,19,20). The highest BCUT2D eigenvalue weighted by atomic mass is 16.5. The van der Waals surface area contributed by atoms with Crippen LogP contribution in [0.2, 0.25) is 0 Å².